The second-order valence-electron chi connectivity index (χ2n) is 2.86. The molecule has 74 valence electrons. The summed E-state index contributed by atoms with van der Waals surface area (Å²) in [6, 6.07) is 0. The lowest BCUT2D eigenvalue weighted by molar-refractivity contribution is 0.107. The van der Waals surface area contributed by atoms with Crippen molar-refractivity contribution < 1.29 is 9.47 Å². The Balaban J connectivity index is 2.90. The molecule has 1 atom stereocenters. The molecule has 0 aliphatic heterocycles. The molecular formula is C9H21NO2. The van der Waals surface area contributed by atoms with Gasteiger partial charge in [0.15, 0.2) is 0 Å². The molecule has 0 fully saturated rings. The van der Waals surface area contributed by atoms with E-state index in [9.17, 15) is 0 Å². The Labute approximate surface area is 75.4 Å². The van der Waals surface area contributed by atoms with Gasteiger partial charge in [-0.05, 0) is 13.3 Å². The molecule has 0 aromatic rings. The second-order valence-corrected chi connectivity index (χ2v) is 2.86. The van der Waals surface area contributed by atoms with Crippen LogP contribution in [0.25, 0.3) is 0 Å². The summed E-state index contributed by atoms with van der Waals surface area (Å²) >= 11 is 0. The summed E-state index contributed by atoms with van der Waals surface area (Å²) < 4.78 is 10.4. The van der Waals surface area contributed by atoms with E-state index in [0.717, 1.165) is 32.7 Å². The van der Waals surface area contributed by atoms with E-state index in [4.69, 9.17) is 9.47 Å². The van der Waals surface area contributed by atoms with Crippen molar-refractivity contribution in [3.05, 3.63) is 0 Å². The van der Waals surface area contributed by atoms with Gasteiger partial charge in [-0.25, -0.2) is 0 Å². The van der Waals surface area contributed by atoms with Gasteiger partial charge in [-0.15, -0.1) is 0 Å². The van der Waals surface area contributed by atoms with Crippen LogP contribution in [0.5, 0.6) is 0 Å². The Morgan fingerprint density at radius 2 is 2.08 bits per heavy atom. The number of rotatable bonds is 8. The van der Waals surface area contributed by atoms with E-state index in [-0.39, 0.29) is 6.10 Å². The minimum Gasteiger partial charge on any atom is -0.380 e. The number of nitrogens with one attached hydrogen (secondary N) is 1. The fourth-order valence-corrected chi connectivity index (χ4v) is 0.779. The minimum atomic E-state index is 0.288. The van der Waals surface area contributed by atoms with Crippen molar-refractivity contribution in [2.75, 3.05) is 33.4 Å². The van der Waals surface area contributed by atoms with Crippen LogP contribution in [-0.2, 0) is 9.47 Å². The Bertz CT molecular complexity index is 88.6. The Hall–Kier alpha value is -0.120. The van der Waals surface area contributed by atoms with Crippen LogP contribution in [-0.4, -0.2) is 39.5 Å². The first-order valence-corrected chi connectivity index (χ1v) is 4.62. The molecule has 0 aromatic carbocycles. The summed E-state index contributed by atoms with van der Waals surface area (Å²) in [6.45, 7) is 7.62. The molecule has 0 spiro atoms. The number of methoxy groups -OCH3 is 1. The lowest BCUT2D eigenvalue weighted by Gasteiger charge is -2.10. The monoisotopic (exact) mass is 175 g/mol. The van der Waals surface area contributed by atoms with Crippen LogP contribution < -0.4 is 5.32 Å². The maximum atomic E-state index is 5.29. The fraction of sp³-hybridized carbons (Fsp3) is 1.00. The van der Waals surface area contributed by atoms with Crippen molar-refractivity contribution in [3.63, 3.8) is 0 Å². The van der Waals surface area contributed by atoms with Crippen LogP contribution in [0.1, 0.15) is 20.3 Å². The fourth-order valence-electron chi connectivity index (χ4n) is 0.779. The topological polar surface area (TPSA) is 30.5 Å². The van der Waals surface area contributed by atoms with Crippen molar-refractivity contribution in [3.8, 4) is 0 Å². The van der Waals surface area contributed by atoms with E-state index in [2.05, 4.69) is 12.2 Å². The zero-order chi connectivity index (χ0) is 9.23. The van der Waals surface area contributed by atoms with E-state index < -0.39 is 0 Å². The summed E-state index contributed by atoms with van der Waals surface area (Å²) in [4.78, 5) is 0. The molecular weight excluding hydrogens is 154 g/mol. The highest BCUT2D eigenvalue weighted by atomic mass is 16.5. The number of hydrogen-bond acceptors (Lipinski definition) is 3. The molecule has 0 amide bonds. The predicted molar refractivity (Wildman–Crippen MR) is 50.5 cm³/mol. The standard InChI is InChI=1S/C9H21NO2/c1-4-6-12-7-5-10-8-9(2)11-3/h9-10H,4-8H2,1-3H3. The van der Waals surface area contributed by atoms with Gasteiger partial charge in [-0.2, -0.15) is 0 Å². The van der Waals surface area contributed by atoms with E-state index in [1.165, 1.54) is 0 Å². The molecule has 3 nitrogen and oxygen atoms in total. The van der Waals surface area contributed by atoms with Gasteiger partial charge in [0.05, 0.1) is 12.7 Å². The number of ether oxygens (including phenoxy) is 2. The normalized spacial score (nSPS) is 13.2. The molecule has 3 heteroatoms. The van der Waals surface area contributed by atoms with Gasteiger partial charge < -0.3 is 14.8 Å². The Morgan fingerprint density at radius 1 is 1.33 bits per heavy atom. The highest BCUT2D eigenvalue weighted by molar-refractivity contribution is 4.53. The second kappa shape index (κ2) is 8.97. The summed E-state index contributed by atoms with van der Waals surface area (Å²) in [5.41, 5.74) is 0. The summed E-state index contributed by atoms with van der Waals surface area (Å²) in [7, 11) is 1.72. The maximum absolute atomic E-state index is 5.29. The lowest BCUT2D eigenvalue weighted by atomic mass is 10.4. The van der Waals surface area contributed by atoms with Crippen molar-refractivity contribution >= 4 is 0 Å². The maximum Gasteiger partial charge on any atom is 0.0667 e. The zero-order valence-corrected chi connectivity index (χ0v) is 8.43. The molecule has 0 saturated carbocycles. The summed E-state index contributed by atoms with van der Waals surface area (Å²) in [5, 5.41) is 3.24. The van der Waals surface area contributed by atoms with Gasteiger partial charge in [-0.1, -0.05) is 6.92 Å². The van der Waals surface area contributed by atoms with Gasteiger partial charge in [0.25, 0.3) is 0 Å². The van der Waals surface area contributed by atoms with E-state index in [0.29, 0.717) is 0 Å². The van der Waals surface area contributed by atoms with Gasteiger partial charge in [0, 0.05) is 26.8 Å². The third-order valence-corrected chi connectivity index (χ3v) is 1.61. The summed E-state index contributed by atoms with van der Waals surface area (Å²) in [6.07, 6.45) is 1.38. The molecule has 12 heavy (non-hydrogen) atoms. The van der Waals surface area contributed by atoms with E-state index in [1.54, 1.807) is 7.11 Å². The molecule has 0 heterocycles. The average Bonchev–Trinajstić information content (AvgIpc) is 2.10. The molecule has 0 rings (SSSR count). The largest absolute Gasteiger partial charge is 0.380 e. The Kier molecular flexibility index (Phi) is 8.88. The van der Waals surface area contributed by atoms with Crippen molar-refractivity contribution in [1.29, 1.82) is 0 Å². The Morgan fingerprint density at radius 3 is 2.67 bits per heavy atom. The molecule has 0 aliphatic rings. The first kappa shape index (κ1) is 11.9. The molecule has 0 bridgehead atoms. The van der Waals surface area contributed by atoms with Crippen LogP contribution in [0.4, 0.5) is 0 Å². The van der Waals surface area contributed by atoms with Crippen LogP contribution in [0.2, 0.25) is 0 Å². The van der Waals surface area contributed by atoms with Gasteiger partial charge >= 0.3 is 0 Å². The van der Waals surface area contributed by atoms with Crippen LogP contribution >= 0.6 is 0 Å². The summed E-state index contributed by atoms with van der Waals surface area (Å²) in [5.74, 6) is 0. The first-order chi connectivity index (χ1) is 5.81. The van der Waals surface area contributed by atoms with E-state index in [1.807, 2.05) is 6.92 Å². The van der Waals surface area contributed by atoms with Crippen LogP contribution in [0.3, 0.4) is 0 Å². The minimum absolute atomic E-state index is 0.288. The van der Waals surface area contributed by atoms with Crippen molar-refractivity contribution in [2.24, 2.45) is 0 Å². The van der Waals surface area contributed by atoms with E-state index >= 15 is 0 Å². The predicted octanol–water partition coefficient (Wildman–Crippen LogP) is 1.04. The molecule has 0 saturated heterocycles. The first-order valence-electron chi connectivity index (χ1n) is 4.62. The molecule has 1 unspecified atom stereocenters. The van der Waals surface area contributed by atoms with Crippen LogP contribution in [0, 0.1) is 0 Å². The molecule has 1 N–H and O–H groups in total. The lowest BCUT2D eigenvalue weighted by Crippen LogP contribution is -2.28. The third-order valence-electron chi connectivity index (χ3n) is 1.61. The number of hydrogen-bond donors (Lipinski definition) is 1. The van der Waals surface area contributed by atoms with Crippen molar-refractivity contribution in [2.45, 2.75) is 26.4 Å². The van der Waals surface area contributed by atoms with Crippen molar-refractivity contribution in [1.82, 2.24) is 5.32 Å². The quantitative estimate of drug-likeness (QED) is 0.559. The molecule has 0 aliphatic carbocycles. The zero-order valence-electron chi connectivity index (χ0n) is 8.43. The van der Waals surface area contributed by atoms with Gasteiger partial charge in [-0.3, -0.25) is 0 Å². The van der Waals surface area contributed by atoms with Gasteiger partial charge in [0.1, 0.15) is 0 Å². The van der Waals surface area contributed by atoms with Crippen LogP contribution in [0.15, 0.2) is 0 Å². The smallest absolute Gasteiger partial charge is 0.0667 e. The highest BCUT2D eigenvalue weighted by Crippen LogP contribution is 1.83. The third kappa shape index (κ3) is 7.98. The van der Waals surface area contributed by atoms with Gasteiger partial charge in [0.2, 0.25) is 0 Å². The highest BCUT2D eigenvalue weighted by Gasteiger charge is 1.96. The molecule has 0 aromatic heterocycles. The average molecular weight is 175 g/mol. The molecule has 0 radical (unpaired) electrons. The SMILES string of the molecule is CCCOCCNCC(C)OC.